The molecule has 0 spiro atoms. The largest absolute Gasteiger partial charge is 0.329 e. The molecule has 1 atom stereocenters. The molecule has 2 aromatic heterocycles. The molecule has 0 fully saturated rings. The van der Waals surface area contributed by atoms with Gasteiger partial charge in [0.2, 0.25) is 0 Å². The summed E-state index contributed by atoms with van der Waals surface area (Å²) in [5.41, 5.74) is 2.72. The van der Waals surface area contributed by atoms with Crippen molar-refractivity contribution in [1.82, 2.24) is 14.5 Å². The maximum atomic E-state index is 11.1. The molecule has 4 nitrogen and oxygen atoms in total. The van der Waals surface area contributed by atoms with E-state index in [1.807, 2.05) is 23.6 Å². The van der Waals surface area contributed by atoms with Gasteiger partial charge in [0.15, 0.2) is 10.4 Å². The molecule has 0 aliphatic rings. The minimum atomic E-state index is -0.816. The van der Waals surface area contributed by atoms with Crippen molar-refractivity contribution in [3.8, 4) is 0 Å². The van der Waals surface area contributed by atoms with Crippen LogP contribution in [0.1, 0.15) is 5.69 Å². The third kappa shape index (κ3) is 2.22. The van der Waals surface area contributed by atoms with Crippen LogP contribution in [0.25, 0.3) is 11.2 Å². The summed E-state index contributed by atoms with van der Waals surface area (Å²) in [5, 5.41) is 0. The number of aromatic nitrogens is 3. The van der Waals surface area contributed by atoms with Gasteiger partial charge in [-0.15, -0.1) is 0 Å². The maximum absolute atomic E-state index is 11.1. The number of hydrogen-bond donors (Lipinski definition) is 1. The van der Waals surface area contributed by atoms with Gasteiger partial charge in [0.05, 0.1) is 5.52 Å². The highest BCUT2D eigenvalue weighted by molar-refractivity contribution is 7.84. The van der Waals surface area contributed by atoms with Crippen molar-refractivity contribution in [1.29, 1.82) is 0 Å². The van der Waals surface area contributed by atoms with Gasteiger partial charge in [-0.3, -0.25) is 4.21 Å². The molecule has 0 aromatic carbocycles. The van der Waals surface area contributed by atoms with Gasteiger partial charge in [0.1, 0.15) is 0 Å². The van der Waals surface area contributed by atoms with E-state index >= 15 is 0 Å². The third-order valence-electron chi connectivity index (χ3n) is 2.36. The Balaban J connectivity index is 2.50. The molecule has 16 heavy (non-hydrogen) atoms. The summed E-state index contributed by atoms with van der Waals surface area (Å²) in [6.45, 7) is 2.58. The lowest BCUT2D eigenvalue weighted by molar-refractivity contribution is 0.678. The lowest BCUT2D eigenvalue weighted by atomic mass is 10.3. The Morgan fingerprint density at radius 2 is 2.31 bits per heavy atom. The van der Waals surface area contributed by atoms with E-state index in [0.717, 1.165) is 16.9 Å². The average Bonchev–Trinajstić information content (AvgIpc) is 2.51. The molecule has 0 radical (unpaired) electrons. The summed E-state index contributed by atoms with van der Waals surface area (Å²) in [6.07, 6.45) is 1.69. The minimum absolute atomic E-state index is 0.594. The SMILES string of the molecule is Cc1ccc2[nH]c(=S)n(CCS(C)=O)c2n1. The van der Waals surface area contributed by atoms with Crippen molar-refractivity contribution in [2.75, 3.05) is 12.0 Å². The summed E-state index contributed by atoms with van der Waals surface area (Å²) >= 11 is 5.22. The van der Waals surface area contributed by atoms with Gasteiger partial charge in [0, 0.05) is 35.0 Å². The van der Waals surface area contributed by atoms with E-state index in [2.05, 4.69) is 9.97 Å². The lowest BCUT2D eigenvalue weighted by Gasteiger charge is -2.02. The Labute approximate surface area is 101 Å². The lowest BCUT2D eigenvalue weighted by Crippen LogP contribution is -2.07. The zero-order valence-electron chi connectivity index (χ0n) is 9.19. The van der Waals surface area contributed by atoms with Crippen LogP contribution in [0.2, 0.25) is 0 Å². The fourth-order valence-corrected chi connectivity index (χ4v) is 2.28. The average molecular weight is 255 g/mol. The molecule has 6 heteroatoms. The van der Waals surface area contributed by atoms with E-state index in [9.17, 15) is 4.21 Å². The minimum Gasteiger partial charge on any atom is -0.329 e. The van der Waals surface area contributed by atoms with Crippen molar-refractivity contribution in [2.45, 2.75) is 13.5 Å². The summed E-state index contributed by atoms with van der Waals surface area (Å²) in [4.78, 5) is 7.53. The molecule has 1 N–H and O–H groups in total. The molecule has 2 aromatic rings. The number of H-pyrrole nitrogens is 1. The number of imidazole rings is 1. The van der Waals surface area contributed by atoms with Crippen LogP contribution < -0.4 is 0 Å². The van der Waals surface area contributed by atoms with E-state index in [-0.39, 0.29) is 0 Å². The predicted octanol–water partition coefficient (Wildman–Crippen LogP) is 1.78. The first-order valence-electron chi connectivity index (χ1n) is 4.94. The number of hydrogen-bond acceptors (Lipinski definition) is 3. The first-order valence-corrected chi connectivity index (χ1v) is 7.07. The van der Waals surface area contributed by atoms with Crippen molar-refractivity contribution in [3.63, 3.8) is 0 Å². The van der Waals surface area contributed by atoms with Crippen molar-refractivity contribution < 1.29 is 4.21 Å². The Morgan fingerprint density at radius 1 is 1.56 bits per heavy atom. The Kier molecular flexibility index (Phi) is 3.20. The molecule has 0 amide bonds. The van der Waals surface area contributed by atoms with Crippen LogP contribution in [-0.4, -0.2) is 30.8 Å². The van der Waals surface area contributed by atoms with Gasteiger partial charge in [-0.25, -0.2) is 4.98 Å². The number of nitrogens with one attached hydrogen (secondary N) is 1. The first kappa shape index (κ1) is 11.5. The summed E-state index contributed by atoms with van der Waals surface area (Å²) in [6, 6.07) is 3.91. The molecule has 0 saturated carbocycles. The fourth-order valence-electron chi connectivity index (χ4n) is 1.55. The molecule has 2 rings (SSSR count). The quantitative estimate of drug-likeness (QED) is 0.851. The fraction of sp³-hybridized carbons (Fsp3) is 0.400. The Hall–Kier alpha value is -1.01. The van der Waals surface area contributed by atoms with Crippen LogP contribution >= 0.6 is 12.2 Å². The van der Waals surface area contributed by atoms with Crippen LogP contribution in [0.15, 0.2) is 12.1 Å². The number of rotatable bonds is 3. The Bertz CT molecular complexity index is 600. The summed E-state index contributed by atoms with van der Waals surface area (Å²) in [5.74, 6) is 0.594. The van der Waals surface area contributed by atoms with Crippen molar-refractivity contribution in [2.24, 2.45) is 0 Å². The summed E-state index contributed by atoms with van der Waals surface area (Å²) < 4.78 is 13.6. The first-order chi connectivity index (χ1) is 7.58. The van der Waals surface area contributed by atoms with Crippen LogP contribution in [-0.2, 0) is 17.3 Å². The van der Waals surface area contributed by atoms with Gasteiger partial charge in [-0.1, -0.05) is 0 Å². The Morgan fingerprint density at radius 3 is 3.00 bits per heavy atom. The third-order valence-corrected chi connectivity index (χ3v) is 3.44. The van der Waals surface area contributed by atoms with Gasteiger partial charge in [0.25, 0.3) is 0 Å². The van der Waals surface area contributed by atoms with E-state index in [0.29, 0.717) is 17.1 Å². The molecule has 2 heterocycles. The topological polar surface area (TPSA) is 50.7 Å². The second kappa shape index (κ2) is 4.47. The number of nitrogens with zero attached hydrogens (tertiary/aromatic N) is 2. The second-order valence-electron chi connectivity index (χ2n) is 3.68. The predicted molar refractivity (Wildman–Crippen MR) is 68.6 cm³/mol. The van der Waals surface area contributed by atoms with Crippen LogP contribution in [0.3, 0.4) is 0 Å². The molecular formula is C10H13N3OS2. The van der Waals surface area contributed by atoms with Gasteiger partial charge in [-0.05, 0) is 31.3 Å². The highest BCUT2D eigenvalue weighted by Crippen LogP contribution is 2.12. The molecule has 0 bridgehead atoms. The van der Waals surface area contributed by atoms with E-state index in [4.69, 9.17) is 12.2 Å². The van der Waals surface area contributed by atoms with Gasteiger partial charge >= 0.3 is 0 Å². The summed E-state index contributed by atoms with van der Waals surface area (Å²) in [7, 11) is -0.816. The zero-order valence-corrected chi connectivity index (χ0v) is 10.8. The normalized spacial score (nSPS) is 13.1. The van der Waals surface area contributed by atoms with E-state index in [1.54, 1.807) is 6.26 Å². The van der Waals surface area contributed by atoms with Crippen LogP contribution in [0.5, 0.6) is 0 Å². The van der Waals surface area contributed by atoms with Gasteiger partial charge < -0.3 is 9.55 Å². The van der Waals surface area contributed by atoms with E-state index < -0.39 is 10.8 Å². The molecule has 86 valence electrons. The number of fused-ring (bicyclic) bond motifs is 1. The smallest absolute Gasteiger partial charge is 0.179 e. The second-order valence-corrected chi connectivity index (χ2v) is 5.62. The molecule has 0 aliphatic heterocycles. The number of aromatic amines is 1. The standard InChI is InChI=1S/C10H13N3OS2/c1-7-3-4-8-9(11-7)13(10(15)12-8)5-6-16(2)14/h3-4H,5-6H2,1-2H3,(H,12,15). The van der Waals surface area contributed by atoms with Crippen molar-refractivity contribution in [3.05, 3.63) is 22.6 Å². The maximum Gasteiger partial charge on any atom is 0.179 e. The van der Waals surface area contributed by atoms with Gasteiger partial charge in [-0.2, -0.15) is 0 Å². The molecule has 1 unspecified atom stereocenters. The number of pyridine rings is 1. The van der Waals surface area contributed by atoms with Crippen LogP contribution in [0.4, 0.5) is 0 Å². The monoisotopic (exact) mass is 255 g/mol. The molecule has 0 aliphatic carbocycles. The highest BCUT2D eigenvalue weighted by atomic mass is 32.2. The van der Waals surface area contributed by atoms with Crippen molar-refractivity contribution >= 4 is 34.2 Å². The number of aryl methyl sites for hydroxylation is 2. The molecular weight excluding hydrogens is 242 g/mol. The molecule has 0 saturated heterocycles. The van der Waals surface area contributed by atoms with Crippen LogP contribution in [0, 0.1) is 11.7 Å². The van der Waals surface area contributed by atoms with E-state index in [1.165, 1.54) is 0 Å². The highest BCUT2D eigenvalue weighted by Gasteiger charge is 2.06. The zero-order chi connectivity index (χ0) is 11.7.